The van der Waals surface area contributed by atoms with Crippen LogP contribution in [-0.2, 0) is 26.2 Å². The topological polar surface area (TPSA) is 37.2 Å². The molecule has 0 aromatic carbocycles. The lowest BCUT2D eigenvalue weighted by Crippen LogP contribution is -2.30. The van der Waals surface area contributed by atoms with Gasteiger partial charge in [-0.1, -0.05) is 11.6 Å². The predicted octanol–water partition coefficient (Wildman–Crippen LogP) is 2.73. The Hall–Kier alpha value is -1.24. The molecule has 4 heterocycles. The first-order chi connectivity index (χ1) is 11.4. The van der Waals surface area contributed by atoms with Gasteiger partial charge in [-0.2, -0.15) is 11.3 Å². The second kappa shape index (κ2) is 7.11. The molecule has 5 nitrogen and oxygen atoms in total. The molecule has 2 aromatic heterocycles. The summed E-state index contributed by atoms with van der Waals surface area (Å²) in [6, 6.07) is 2.24. The molecular weight excluding hydrogens is 306 g/mol. The molecular formula is C17H25N5S. The highest BCUT2D eigenvalue weighted by Crippen LogP contribution is 2.20. The SMILES string of the molecule is c1cc(CN2CCCn3nnc(CN4CCCCC4)c3C2)cs1. The van der Waals surface area contributed by atoms with Crippen LogP contribution in [0.4, 0.5) is 0 Å². The van der Waals surface area contributed by atoms with Gasteiger partial charge in [0.2, 0.25) is 0 Å². The second-order valence-electron chi connectivity index (χ2n) is 6.74. The number of likely N-dealkylation sites (tertiary alicyclic amines) is 1. The van der Waals surface area contributed by atoms with Crippen molar-refractivity contribution in [2.24, 2.45) is 0 Å². The van der Waals surface area contributed by atoms with Crippen molar-refractivity contribution in [3.8, 4) is 0 Å². The van der Waals surface area contributed by atoms with Crippen molar-refractivity contribution in [1.29, 1.82) is 0 Å². The fourth-order valence-corrected chi connectivity index (χ4v) is 4.34. The van der Waals surface area contributed by atoms with E-state index in [0.29, 0.717) is 0 Å². The number of piperidine rings is 1. The highest BCUT2D eigenvalue weighted by molar-refractivity contribution is 7.07. The van der Waals surface area contributed by atoms with E-state index in [9.17, 15) is 0 Å². The molecule has 0 bridgehead atoms. The number of rotatable bonds is 4. The molecule has 0 unspecified atom stereocenters. The summed E-state index contributed by atoms with van der Waals surface area (Å²) in [6.45, 7) is 7.56. The highest BCUT2D eigenvalue weighted by Gasteiger charge is 2.22. The minimum atomic E-state index is 0.974. The highest BCUT2D eigenvalue weighted by atomic mass is 32.1. The third-order valence-corrected chi connectivity index (χ3v) is 5.68. The van der Waals surface area contributed by atoms with Crippen LogP contribution in [-0.4, -0.2) is 44.4 Å². The molecule has 4 rings (SSSR count). The van der Waals surface area contributed by atoms with E-state index >= 15 is 0 Å². The van der Waals surface area contributed by atoms with Crippen LogP contribution in [0.3, 0.4) is 0 Å². The lowest BCUT2D eigenvalue weighted by Gasteiger charge is -2.26. The minimum absolute atomic E-state index is 0.974. The molecule has 124 valence electrons. The van der Waals surface area contributed by atoms with Crippen LogP contribution in [0.5, 0.6) is 0 Å². The summed E-state index contributed by atoms with van der Waals surface area (Å²) in [7, 11) is 0. The van der Waals surface area contributed by atoms with Gasteiger partial charge in [0.1, 0.15) is 5.69 Å². The zero-order valence-corrected chi connectivity index (χ0v) is 14.5. The first kappa shape index (κ1) is 15.3. The number of hydrogen-bond donors (Lipinski definition) is 0. The number of aryl methyl sites for hydroxylation is 1. The van der Waals surface area contributed by atoms with Crippen molar-refractivity contribution in [3.63, 3.8) is 0 Å². The Morgan fingerprint density at radius 3 is 2.65 bits per heavy atom. The quantitative estimate of drug-likeness (QED) is 0.863. The molecule has 0 N–H and O–H groups in total. The maximum atomic E-state index is 4.51. The van der Waals surface area contributed by atoms with Gasteiger partial charge in [-0.3, -0.25) is 9.80 Å². The smallest absolute Gasteiger partial charge is 0.101 e. The summed E-state index contributed by atoms with van der Waals surface area (Å²) in [5.41, 5.74) is 3.96. The van der Waals surface area contributed by atoms with E-state index in [2.05, 4.69) is 41.6 Å². The third kappa shape index (κ3) is 3.65. The van der Waals surface area contributed by atoms with Crippen molar-refractivity contribution in [3.05, 3.63) is 33.8 Å². The van der Waals surface area contributed by atoms with E-state index in [4.69, 9.17) is 0 Å². The Bertz CT molecular complexity index is 615. The summed E-state index contributed by atoms with van der Waals surface area (Å²) in [6.07, 6.45) is 5.19. The fourth-order valence-electron chi connectivity index (χ4n) is 3.68. The van der Waals surface area contributed by atoms with Gasteiger partial charge in [0.15, 0.2) is 0 Å². The van der Waals surface area contributed by atoms with E-state index in [1.165, 1.54) is 49.3 Å². The summed E-state index contributed by atoms with van der Waals surface area (Å²) >= 11 is 1.78. The van der Waals surface area contributed by atoms with Gasteiger partial charge in [0.25, 0.3) is 0 Å². The first-order valence-electron chi connectivity index (χ1n) is 8.75. The van der Waals surface area contributed by atoms with E-state index in [-0.39, 0.29) is 0 Å². The predicted molar refractivity (Wildman–Crippen MR) is 92.2 cm³/mol. The Labute approximate surface area is 141 Å². The van der Waals surface area contributed by atoms with Crippen molar-refractivity contribution in [1.82, 2.24) is 24.8 Å². The van der Waals surface area contributed by atoms with Crippen molar-refractivity contribution < 1.29 is 0 Å². The van der Waals surface area contributed by atoms with Crippen molar-refractivity contribution >= 4 is 11.3 Å². The summed E-state index contributed by atoms with van der Waals surface area (Å²) < 4.78 is 2.15. The third-order valence-electron chi connectivity index (χ3n) is 4.94. The molecule has 0 atom stereocenters. The van der Waals surface area contributed by atoms with E-state index in [0.717, 1.165) is 39.1 Å². The van der Waals surface area contributed by atoms with Gasteiger partial charge in [-0.15, -0.1) is 5.10 Å². The number of thiophene rings is 1. The van der Waals surface area contributed by atoms with Gasteiger partial charge in [-0.05, 0) is 54.7 Å². The average molecular weight is 331 g/mol. The number of aromatic nitrogens is 3. The van der Waals surface area contributed by atoms with Gasteiger partial charge >= 0.3 is 0 Å². The molecule has 2 aromatic rings. The maximum Gasteiger partial charge on any atom is 0.101 e. The van der Waals surface area contributed by atoms with Gasteiger partial charge < -0.3 is 0 Å². The molecule has 0 radical (unpaired) electrons. The van der Waals surface area contributed by atoms with Crippen molar-refractivity contribution in [2.45, 2.75) is 51.9 Å². The minimum Gasteiger partial charge on any atom is -0.297 e. The molecule has 0 saturated carbocycles. The Morgan fingerprint density at radius 2 is 1.83 bits per heavy atom. The number of hydrogen-bond acceptors (Lipinski definition) is 5. The molecule has 0 amide bonds. The van der Waals surface area contributed by atoms with Crippen molar-refractivity contribution in [2.75, 3.05) is 19.6 Å². The monoisotopic (exact) mass is 331 g/mol. The Balaban J connectivity index is 1.47. The molecule has 1 saturated heterocycles. The molecule has 23 heavy (non-hydrogen) atoms. The molecule has 1 fully saturated rings. The number of fused-ring (bicyclic) bond motifs is 1. The van der Waals surface area contributed by atoms with Crippen LogP contribution < -0.4 is 0 Å². The molecule has 2 aliphatic rings. The lowest BCUT2D eigenvalue weighted by atomic mass is 10.1. The van der Waals surface area contributed by atoms with Crippen LogP contribution in [0.25, 0.3) is 0 Å². The van der Waals surface area contributed by atoms with Gasteiger partial charge in [0.05, 0.1) is 5.69 Å². The lowest BCUT2D eigenvalue weighted by molar-refractivity contribution is 0.215. The summed E-state index contributed by atoms with van der Waals surface area (Å²) in [5, 5.41) is 13.4. The Morgan fingerprint density at radius 1 is 0.957 bits per heavy atom. The van der Waals surface area contributed by atoms with Crippen LogP contribution in [0, 0.1) is 0 Å². The van der Waals surface area contributed by atoms with Crippen LogP contribution in [0.15, 0.2) is 16.8 Å². The van der Waals surface area contributed by atoms with Gasteiger partial charge in [0, 0.05) is 32.7 Å². The molecule has 2 aliphatic heterocycles. The zero-order chi connectivity index (χ0) is 15.5. The second-order valence-corrected chi connectivity index (χ2v) is 7.52. The largest absolute Gasteiger partial charge is 0.297 e. The van der Waals surface area contributed by atoms with Gasteiger partial charge in [-0.25, -0.2) is 4.68 Å². The normalized spacial score (nSPS) is 20.3. The molecule has 0 spiro atoms. The van der Waals surface area contributed by atoms with E-state index in [1.807, 2.05) is 0 Å². The average Bonchev–Trinajstić information content (AvgIpc) is 3.15. The fraction of sp³-hybridized carbons (Fsp3) is 0.647. The van der Waals surface area contributed by atoms with E-state index < -0.39 is 0 Å². The maximum absolute atomic E-state index is 4.51. The van der Waals surface area contributed by atoms with Crippen LogP contribution >= 0.6 is 11.3 Å². The molecule has 0 aliphatic carbocycles. The first-order valence-corrected chi connectivity index (χ1v) is 9.70. The van der Waals surface area contributed by atoms with E-state index in [1.54, 1.807) is 11.3 Å². The Kier molecular flexibility index (Phi) is 4.73. The zero-order valence-electron chi connectivity index (χ0n) is 13.7. The number of nitrogens with zero attached hydrogens (tertiary/aromatic N) is 5. The summed E-state index contributed by atoms with van der Waals surface area (Å²) in [5.74, 6) is 0. The molecule has 6 heteroatoms. The van der Waals surface area contributed by atoms with Crippen LogP contribution in [0.1, 0.15) is 42.6 Å². The standard InChI is InChI=1S/C17H25N5S/c1-2-6-20(7-3-1)12-16-17-13-21(11-15-5-10-23-14-15)8-4-9-22(17)19-18-16/h5,10,14H,1-4,6-9,11-13H2. The summed E-state index contributed by atoms with van der Waals surface area (Å²) in [4.78, 5) is 5.09. The van der Waals surface area contributed by atoms with Crippen LogP contribution in [0.2, 0.25) is 0 Å².